The number of ether oxygens (including phenoxy) is 2. The fourth-order valence-corrected chi connectivity index (χ4v) is 2.21. The van der Waals surface area contributed by atoms with Crippen LogP contribution in [0.5, 0.6) is 0 Å². The van der Waals surface area contributed by atoms with Gasteiger partial charge in [0.15, 0.2) is 0 Å². The monoisotopic (exact) mass is 356 g/mol. The Morgan fingerprint density at radius 3 is 2.62 bits per heavy atom. The largest absolute Gasteiger partial charge is 0.466 e. The molecule has 134 valence electrons. The van der Waals surface area contributed by atoms with Crippen molar-refractivity contribution >= 4 is 23.7 Å². The smallest absolute Gasteiger partial charge is 0.407 e. The molecule has 0 aromatic carbocycles. The van der Waals surface area contributed by atoms with Crippen LogP contribution in [0.15, 0.2) is 18.2 Å². The summed E-state index contributed by atoms with van der Waals surface area (Å²) in [6.45, 7) is 7.38. The number of aryl methyl sites for hydroxylation is 1. The average Bonchev–Trinajstić information content (AvgIpc) is 2.43. The number of halogens is 1. The van der Waals surface area contributed by atoms with Crippen molar-refractivity contribution in [3.63, 3.8) is 0 Å². The van der Waals surface area contributed by atoms with Crippen molar-refractivity contribution in [2.45, 2.75) is 58.6 Å². The molecule has 0 spiro atoms. The fraction of sp³-hybridized carbons (Fsp3) is 0.588. The van der Waals surface area contributed by atoms with Crippen LogP contribution in [0.25, 0.3) is 0 Å². The maximum Gasteiger partial charge on any atom is 0.407 e. The van der Waals surface area contributed by atoms with Crippen LogP contribution >= 0.6 is 11.6 Å². The SMILES string of the molecule is CCOC(=O)CC(CCc1cccc(Cl)n1)NC(=O)OC(C)(C)C. The summed E-state index contributed by atoms with van der Waals surface area (Å²) in [5, 5.41) is 3.14. The van der Waals surface area contributed by atoms with Crippen molar-refractivity contribution in [1.82, 2.24) is 10.3 Å². The number of rotatable bonds is 7. The molecule has 1 unspecified atom stereocenters. The molecule has 0 saturated heterocycles. The highest BCUT2D eigenvalue weighted by molar-refractivity contribution is 6.29. The van der Waals surface area contributed by atoms with E-state index < -0.39 is 17.7 Å². The highest BCUT2D eigenvalue weighted by atomic mass is 35.5. The fourth-order valence-electron chi connectivity index (χ4n) is 2.03. The van der Waals surface area contributed by atoms with E-state index in [9.17, 15) is 9.59 Å². The van der Waals surface area contributed by atoms with E-state index in [0.29, 0.717) is 24.6 Å². The molecule has 1 atom stereocenters. The number of carbonyl (C=O) groups excluding carboxylic acids is 2. The number of amides is 1. The van der Waals surface area contributed by atoms with Gasteiger partial charge < -0.3 is 14.8 Å². The third-order valence-corrected chi connectivity index (χ3v) is 3.17. The maximum absolute atomic E-state index is 12.0. The van der Waals surface area contributed by atoms with E-state index in [1.807, 2.05) is 12.1 Å². The third kappa shape index (κ3) is 8.72. The van der Waals surface area contributed by atoms with Gasteiger partial charge in [0, 0.05) is 11.7 Å². The van der Waals surface area contributed by atoms with E-state index in [-0.39, 0.29) is 12.4 Å². The molecule has 0 saturated carbocycles. The molecule has 1 aromatic heterocycles. The zero-order chi connectivity index (χ0) is 18.2. The molecular formula is C17H25ClN2O4. The van der Waals surface area contributed by atoms with Crippen LogP contribution < -0.4 is 5.32 Å². The van der Waals surface area contributed by atoms with E-state index >= 15 is 0 Å². The summed E-state index contributed by atoms with van der Waals surface area (Å²) in [4.78, 5) is 27.9. The standard InChI is InChI=1S/C17H25ClN2O4/c1-5-23-15(21)11-13(20-16(22)24-17(2,3)4)10-9-12-7-6-8-14(18)19-12/h6-8,13H,5,9-11H2,1-4H3,(H,20,22). The Labute approximate surface area is 147 Å². The van der Waals surface area contributed by atoms with Crippen molar-refractivity contribution in [2.24, 2.45) is 0 Å². The summed E-state index contributed by atoms with van der Waals surface area (Å²) in [6, 6.07) is 4.95. The summed E-state index contributed by atoms with van der Waals surface area (Å²) in [7, 11) is 0. The second kappa shape index (κ2) is 9.47. The highest BCUT2D eigenvalue weighted by Crippen LogP contribution is 2.12. The van der Waals surface area contributed by atoms with Crippen molar-refractivity contribution < 1.29 is 19.1 Å². The first kappa shape index (κ1) is 20.2. The number of nitrogens with one attached hydrogen (secondary N) is 1. The lowest BCUT2D eigenvalue weighted by atomic mass is 10.1. The second-order valence-corrected chi connectivity index (χ2v) is 6.73. The number of esters is 1. The lowest BCUT2D eigenvalue weighted by molar-refractivity contribution is -0.143. The minimum Gasteiger partial charge on any atom is -0.466 e. The average molecular weight is 357 g/mol. The number of nitrogens with zero attached hydrogens (tertiary/aromatic N) is 1. The Morgan fingerprint density at radius 2 is 2.04 bits per heavy atom. The molecule has 0 bridgehead atoms. The molecule has 0 aliphatic heterocycles. The van der Waals surface area contributed by atoms with Crippen molar-refractivity contribution in [3.05, 3.63) is 29.0 Å². The van der Waals surface area contributed by atoms with Crippen LogP contribution in [0, 0.1) is 0 Å². The number of alkyl carbamates (subject to hydrolysis) is 1. The second-order valence-electron chi connectivity index (χ2n) is 6.34. The quantitative estimate of drug-likeness (QED) is 0.597. The summed E-state index contributed by atoms with van der Waals surface area (Å²) >= 11 is 5.87. The molecule has 6 nitrogen and oxygen atoms in total. The number of carbonyl (C=O) groups is 2. The highest BCUT2D eigenvalue weighted by Gasteiger charge is 2.22. The van der Waals surface area contributed by atoms with Crippen LogP contribution in [0.3, 0.4) is 0 Å². The first-order valence-corrected chi connectivity index (χ1v) is 8.34. The molecule has 1 heterocycles. The molecule has 0 aliphatic rings. The van der Waals surface area contributed by atoms with Gasteiger partial charge in [0.2, 0.25) is 0 Å². The Morgan fingerprint density at radius 1 is 1.33 bits per heavy atom. The van der Waals surface area contributed by atoms with Gasteiger partial charge in [-0.25, -0.2) is 9.78 Å². The number of hydrogen-bond acceptors (Lipinski definition) is 5. The summed E-state index contributed by atoms with van der Waals surface area (Å²) in [6.07, 6.45) is 0.607. The summed E-state index contributed by atoms with van der Waals surface area (Å²) < 4.78 is 10.2. The van der Waals surface area contributed by atoms with E-state index in [2.05, 4.69) is 10.3 Å². The van der Waals surface area contributed by atoms with Gasteiger partial charge >= 0.3 is 12.1 Å². The van der Waals surface area contributed by atoms with Crippen LogP contribution in [-0.4, -0.2) is 35.3 Å². The number of pyridine rings is 1. The third-order valence-electron chi connectivity index (χ3n) is 2.96. The van der Waals surface area contributed by atoms with Crippen molar-refractivity contribution in [1.29, 1.82) is 0 Å². The molecule has 0 aliphatic carbocycles. The molecule has 24 heavy (non-hydrogen) atoms. The van der Waals surface area contributed by atoms with Gasteiger partial charge in [0.05, 0.1) is 13.0 Å². The van der Waals surface area contributed by atoms with Crippen molar-refractivity contribution in [2.75, 3.05) is 6.61 Å². The molecule has 7 heteroatoms. The van der Waals surface area contributed by atoms with Crippen LogP contribution in [0.2, 0.25) is 5.15 Å². The maximum atomic E-state index is 12.0. The van der Waals surface area contributed by atoms with Gasteiger partial charge in [-0.05, 0) is 52.7 Å². The topological polar surface area (TPSA) is 77.5 Å². The molecule has 1 aromatic rings. The van der Waals surface area contributed by atoms with Crippen LogP contribution in [-0.2, 0) is 20.7 Å². The van der Waals surface area contributed by atoms with Crippen LogP contribution in [0.1, 0.15) is 46.2 Å². The summed E-state index contributed by atoms with van der Waals surface area (Å²) in [5.41, 5.74) is 0.190. The zero-order valence-corrected chi connectivity index (χ0v) is 15.4. The Bertz CT molecular complexity index is 558. The van der Waals surface area contributed by atoms with Gasteiger partial charge in [0.25, 0.3) is 0 Å². The summed E-state index contributed by atoms with van der Waals surface area (Å²) in [5.74, 6) is -0.363. The molecule has 1 amide bonds. The predicted octanol–water partition coefficient (Wildman–Crippen LogP) is 3.51. The normalized spacial score (nSPS) is 12.4. The Balaban J connectivity index is 2.66. The Kier molecular flexibility index (Phi) is 7.98. The molecule has 0 fully saturated rings. The Hall–Kier alpha value is -1.82. The van der Waals surface area contributed by atoms with Gasteiger partial charge in [-0.1, -0.05) is 17.7 Å². The minimum atomic E-state index is -0.604. The lowest BCUT2D eigenvalue weighted by Gasteiger charge is -2.23. The first-order valence-electron chi connectivity index (χ1n) is 7.96. The zero-order valence-electron chi connectivity index (χ0n) is 14.6. The molecule has 0 radical (unpaired) electrons. The molecular weight excluding hydrogens is 332 g/mol. The van der Waals surface area contributed by atoms with Gasteiger partial charge in [-0.3, -0.25) is 4.79 Å². The molecule has 1 rings (SSSR count). The van der Waals surface area contributed by atoms with Gasteiger partial charge in [0.1, 0.15) is 10.8 Å². The van der Waals surface area contributed by atoms with E-state index in [4.69, 9.17) is 21.1 Å². The minimum absolute atomic E-state index is 0.0770. The first-order chi connectivity index (χ1) is 11.2. The number of aromatic nitrogens is 1. The van der Waals surface area contributed by atoms with Gasteiger partial charge in [-0.15, -0.1) is 0 Å². The van der Waals surface area contributed by atoms with Crippen molar-refractivity contribution in [3.8, 4) is 0 Å². The lowest BCUT2D eigenvalue weighted by Crippen LogP contribution is -2.40. The predicted molar refractivity (Wildman–Crippen MR) is 92.0 cm³/mol. The number of hydrogen-bond donors (Lipinski definition) is 1. The van der Waals surface area contributed by atoms with E-state index in [1.165, 1.54) is 0 Å². The molecule has 1 N–H and O–H groups in total. The van der Waals surface area contributed by atoms with E-state index in [1.54, 1.807) is 33.8 Å². The van der Waals surface area contributed by atoms with Gasteiger partial charge in [-0.2, -0.15) is 0 Å². The van der Waals surface area contributed by atoms with E-state index in [0.717, 1.165) is 5.69 Å². The van der Waals surface area contributed by atoms with Crippen LogP contribution in [0.4, 0.5) is 4.79 Å².